The first-order valence-electron chi connectivity index (χ1n) is 10.1. The van der Waals surface area contributed by atoms with Crippen molar-refractivity contribution in [2.75, 3.05) is 0 Å². The molecule has 1 fully saturated rings. The zero-order valence-corrected chi connectivity index (χ0v) is 16.7. The van der Waals surface area contributed by atoms with Gasteiger partial charge in [-0.1, -0.05) is 52.3 Å². The number of hydrogen-bond donors (Lipinski definition) is 1. The van der Waals surface area contributed by atoms with E-state index >= 15 is 0 Å². The van der Waals surface area contributed by atoms with E-state index in [1.165, 1.54) is 31.8 Å². The molecule has 0 radical (unpaired) electrons. The molecule has 3 rings (SSSR count). The van der Waals surface area contributed by atoms with Crippen LogP contribution in [-0.4, -0.2) is 0 Å². The van der Waals surface area contributed by atoms with E-state index in [1.54, 1.807) is 12.1 Å². The molecule has 2 aliphatic carbocycles. The Kier molecular flexibility index (Phi) is 6.65. The van der Waals surface area contributed by atoms with E-state index in [-0.39, 0.29) is 17.4 Å². The first kappa shape index (κ1) is 20.7. The van der Waals surface area contributed by atoms with Crippen molar-refractivity contribution in [2.45, 2.75) is 78.6 Å². The van der Waals surface area contributed by atoms with Crippen molar-refractivity contribution in [1.82, 2.24) is 0 Å². The highest BCUT2D eigenvalue weighted by Crippen LogP contribution is 2.54. The second-order valence-corrected chi connectivity index (χ2v) is 7.42. The van der Waals surface area contributed by atoms with E-state index in [0.29, 0.717) is 0 Å². The van der Waals surface area contributed by atoms with Gasteiger partial charge in [-0.3, -0.25) is 0 Å². The molecule has 0 aliphatic heterocycles. The fourth-order valence-corrected chi connectivity index (χ4v) is 4.11. The van der Waals surface area contributed by atoms with Gasteiger partial charge in [0.05, 0.1) is 0 Å². The van der Waals surface area contributed by atoms with Gasteiger partial charge in [0.2, 0.25) is 0 Å². The van der Waals surface area contributed by atoms with Crippen molar-refractivity contribution in [3.8, 4) is 0 Å². The van der Waals surface area contributed by atoms with Crippen molar-refractivity contribution in [3.05, 3.63) is 52.7 Å². The molecule has 26 heavy (non-hydrogen) atoms. The SMILES string of the molecule is CC.CC/C=C(N)/C=C1\CC2(CCC2)Cc2cc(C(F)(F)CC)ccc21. The summed E-state index contributed by atoms with van der Waals surface area (Å²) >= 11 is 0. The van der Waals surface area contributed by atoms with Crippen LogP contribution in [0.3, 0.4) is 0 Å². The zero-order valence-electron chi connectivity index (χ0n) is 16.7. The molecule has 0 saturated heterocycles. The highest BCUT2D eigenvalue weighted by Gasteiger charge is 2.42. The predicted molar refractivity (Wildman–Crippen MR) is 107 cm³/mol. The minimum Gasteiger partial charge on any atom is -0.399 e. The van der Waals surface area contributed by atoms with Crippen molar-refractivity contribution >= 4 is 5.57 Å². The summed E-state index contributed by atoms with van der Waals surface area (Å²) in [5.74, 6) is -2.75. The van der Waals surface area contributed by atoms with E-state index in [1.807, 2.05) is 26.0 Å². The molecule has 0 aromatic heterocycles. The van der Waals surface area contributed by atoms with Crippen molar-refractivity contribution in [3.63, 3.8) is 0 Å². The zero-order chi connectivity index (χ0) is 19.4. The standard InChI is InChI=1S/C21H27F2N.C2H6/c1-3-6-18(24)12-16-14-20(9-5-10-20)13-15-11-17(7-8-19(15)16)21(22,23)4-2;1-2/h6-8,11-12H,3-5,9-10,13-14,24H2,1-2H3;1-2H3/b16-12+,18-6-;. The average molecular weight is 362 g/mol. The molecule has 0 amide bonds. The summed E-state index contributed by atoms with van der Waals surface area (Å²) in [4.78, 5) is 0. The lowest BCUT2D eigenvalue weighted by Gasteiger charge is -2.46. The summed E-state index contributed by atoms with van der Waals surface area (Å²) in [6.07, 6.45) is 10.4. The minimum atomic E-state index is -2.75. The number of nitrogens with two attached hydrogens (primary N) is 1. The van der Waals surface area contributed by atoms with Crippen LogP contribution in [0.5, 0.6) is 0 Å². The Balaban J connectivity index is 0.00000117. The lowest BCUT2D eigenvalue weighted by molar-refractivity contribution is -0.00847. The van der Waals surface area contributed by atoms with Gasteiger partial charge in [-0.25, -0.2) is 8.78 Å². The fraction of sp³-hybridized carbons (Fsp3) is 0.565. The first-order chi connectivity index (χ1) is 12.4. The van der Waals surface area contributed by atoms with Gasteiger partial charge in [0.15, 0.2) is 0 Å². The Labute approximate surface area is 157 Å². The Hall–Kier alpha value is -1.64. The van der Waals surface area contributed by atoms with E-state index in [0.717, 1.165) is 36.1 Å². The molecule has 2 aliphatic rings. The maximum atomic E-state index is 14.1. The van der Waals surface area contributed by atoms with E-state index < -0.39 is 5.92 Å². The maximum absolute atomic E-state index is 14.1. The van der Waals surface area contributed by atoms with Gasteiger partial charge in [-0.2, -0.15) is 0 Å². The van der Waals surface area contributed by atoms with Gasteiger partial charge in [0, 0.05) is 17.7 Å². The molecule has 1 nitrogen and oxygen atoms in total. The maximum Gasteiger partial charge on any atom is 0.273 e. The largest absolute Gasteiger partial charge is 0.399 e. The Morgan fingerprint density at radius 3 is 2.42 bits per heavy atom. The van der Waals surface area contributed by atoms with Gasteiger partial charge in [-0.15, -0.1) is 0 Å². The molecular formula is C23H33F2N. The first-order valence-corrected chi connectivity index (χ1v) is 10.1. The molecule has 1 spiro atoms. The smallest absolute Gasteiger partial charge is 0.273 e. The minimum absolute atomic E-state index is 0.150. The summed E-state index contributed by atoms with van der Waals surface area (Å²) in [5, 5.41) is 0. The van der Waals surface area contributed by atoms with Crippen molar-refractivity contribution in [2.24, 2.45) is 11.1 Å². The van der Waals surface area contributed by atoms with Gasteiger partial charge in [-0.05, 0) is 66.4 Å². The molecule has 0 heterocycles. The molecule has 3 heteroatoms. The number of alkyl halides is 2. The number of hydrogen-bond acceptors (Lipinski definition) is 1. The van der Waals surface area contributed by atoms with Crippen LogP contribution in [0.4, 0.5) is 8.78 Å². The number of halogens is 2. The number of allylic oxidation sites excluding steroid dienone is 3. The molecule has 1 aromatic carbocycles. The Morgan fingerprint density at radius 2 is 1.88 bits per heavy atom. The van der Waals surface area contributed by atoms with Gasteiger partial charge in [0.1, 0.15) is 0 Å². The van der Waals surface area contributed by atoms with Crippen molar-refractivity contribution in [1.29, 1.82) is 0 Å². The lowest BCUT2D eigenvalue weighted by atomic mass is 9.58. The monoisotopic (exact) mass is 361 g/mol. The van der Waals surface area contributed by atoms with Crippen LogP contribution < -0.4 is 5.73 Å². The van der Waals surface area contributed by atoms with Gasteiger partial charge in [0.25, 0.3) is 5.92 Å². The third-order valence-corrected chi connectivity index (χ3v) is 5.64. The number of rotatable bonds is 4. The van der Waals surface area contributed by atoms with E-state index in [9.17, 15) is 8.78 Å². The summed E-state index contributed by atoms with van der Waals surface area (Å²) in [5.41, 5.74) is 10.7. The van der Waals surface area contributed by atoms with Crippen LogP contribution >= 0.6 is 0 Å². The Morgan fingerprint density at radius 1 is 1.19 bits per heavy atom. The van der Waals surface area contributed by atoms with E-state index in [2.05, 4.69) is 13.0 Å². The molecule has 144 valence electrons. The molecule has 0 atom stereocenters. The van der Waals surface area contributed by atoms with Crippen LogP contribution in [-0.2, 0) is 12.3 Å². The quantitative estimate of drug-likeness (QED) is 0.616. The van der Waals surface area contributed by atoms with Crippen LogP contribution in [0.1, 0.15) is 82.9 Å². The van der Waals surface area contributed by atoms with Gasteiger partial charge < -0.3 is 5.73 Å². The molecule has 2 N–H and O–H groups in total. The summed E-state index contributed by atoms with van der Waals surface area (Å²) in [7, 11) is 0. The topological polar surface area (TPSA) is 26.0 Å². The molecule has 1 saturated carbocycles. The third-order valence-electron chi connectivity index (χ3n) is 5.64. The third kappa shape index (κ3) is 4.19. The highest BCUT2D eigenvalue weighted by molar-refractivity contribution is 5.73. The molecule has 0 unspecified atom stereocenters. The van der Waals surface area contributed by atoms with Crippen LogP contribution in [0.15, 0.2) is 36.0 Å². The normalized spacial score (nSPS) is 20.2. The highest BCUT2D eigenvalue weighted by atomic mass is 19.3. The Bertz CT molecular complexity index is 681. The predicted octanol–water partition coefficient (Wildman–Crippen LogP) is 6.97. The van der Waals surface area contributed by atoms with E-state index in [4.69, 9.17) is 5.73 Å². The molecule has 1 aromatic rings. The second kappa shape index (κ2) is 8.37. The lowest BCUT2D eigenvalue weighted by Crippen LogP contribution is -2.35. The van der Waals surface area contributed by atoms with Gasteiger partial charge >= 0.3 is 0 Å². The van der Waals surface area contributed by atoms with Crippen LogP contribution in [0.25, 0.3) is 5.57 Å². The summed E-state index contributed by atoms with van der Waals surface area (Å²) < 4.78 is 28.2. The fourth-order valence-electron chi connectivity index (χ4n) is 4.11. The van der Waals surface area contributed by atoms with Crippen LogP contribution in [0, 0.1) is 5.41 Å². The molecular weight excluding hydrogens is 328 g/mol. The number of benzene rings is 1. The van der Waals surface area contributed by atoms with Crippen LogP contribution in [0.2, 0.25) is 0 Å². The molecule has 0 bridgehead atoms. The second-order valence-electron chi connectivity index (χ2n) is 7.42. The average Bonchev–Trinajstić information content (AvgIpc) is 2.61. The van der Waals surface area contributed by atoms with Crippen molar-refractivity contribution < 1.29 is 8.78 Å². The summed E-state index contributed by atoms with van der Waals surface area (Å²) in [6.45, 7) is 7.60. The number of fused-ring (bicyclic) bond motifs is 1. The summed E-state index contributed by atoms with van der Waals surface area (Å²) in [6, 6.07) is 5.21.